The van der Waals surface area contributed by atoms with Gasteiger partial charge >= 0.3 is 0 Å². The van der Waals surface area contributed by atoms with Gasteiger partial charge in [-0.1, -0.05) is 35.9 Å². The number of halogens is 2. The van der Waals surface area contributed by atoms with Crippen molar-refractivity contribution in [1.82, 2.24) is 14.7 Å². The second-order valence-electron chi connectivity index (χ2n) is 4.93. The van der Waals surface area contributed by atoms with Crippen molar-refractivity contribution in [1.29, 1.82) is 0 Å². The molecule has 23 heavy (non-hydrogen) atoms. The van der Waals surface area contributed by atoms with Gasteiger partial charge in [0.05, 0.1) is 6.10 Å². The summed E-state index contributed by atoms with van der Waals surface area (Å²) in [6.45, 7) is -0.143. The van der Waals surface area contributed by atoms with Gasteiger partial charge in [-0.25, -0.2) is 9.37 Å². The number of aromatic nitrogens is 2. The SMILES string of the molecule is O=C(NCC(O)c1ccccc1F)c1c(Cl)nc2ccccn12. The number of hydrogen-bond acceptors (Lipinski definition) is 3. The minimum atomic E-state index is -1.15. The Labute approximate surface area is 136 Å². The van der Waals surface area contributed by atoms with E-state index in [1.807, 2.05) is 0 Å². The number of fused-ring (bicyclic) bond motifs is 1. The number of carbonyl (C=O) groups excluding carboxylic acids is 1. The van der Waals surface area contributed by atoms with Crippen LogP contribution in [0.1, 0.15) is 22.2 Å². The van der Waals surface area contributed by atoms with Crippen molar-refractivity contribution < 1.29 is 14.3 Å². The smallest absolute Gasteiger partial charge is 0.271 e. The number of imidazole rings is 1. The summed E-state index contributed by atoms with van der Waals surface area (Å²) in [5, 5.41) is 12.6. The predicted octanol–water partition coefficient (Wildman–Crippen LogP) is 2.59. The largest absolute Gasteiger partial charge is 0.386 e. The zero-order valence-corrected chi connectivity index (χ0v) is 12.7. The summed E-state index contributed by atoms with van der Waals surface area (Å²) in [6, 6.07) is 11.1. The molecule has 0 radical (unpaired) electrons. The normalized spacial score (nSPS) is 12.3. The van der Waals surface area contributed by atoms with Crippen LogP contribution in [-0.4, -0.2) is 26.9 Å². The molecule has 0 bridgehead atoms. The fourth-order valence-corrected chi connectivity index (χ4v) is 2.56. The van der Waals surface area contributed by atoms with Crippen molar-refractivity contribution >= 4 is 23.2 Å². The Bertz CT molecular complexity index is 865. The predicted molar refractivity (Wildman–Crippen MR) is 83.9 cm³/mol. The molecule has 0 saturated carbocycles. The number of benzene rings is 1. The van der Waals surface area contributed by atoms with Crippen LogP contribution < -0.4 is 5.32 Å². The van der Waals surface area contributed by atoms with Crippen molar-refractivity contribution in [2.45, 2.75) is 6.10 Å². The van der Waals surface area contributed by atoms with Crippen LogP contribution in [0.4, 0.5) is 4.39 Å². The summed E-state index contributed by atoms with van der Waals surface area (Å²) < 4.78 is 15.2. The molecule has 118 valence electrons. The lowest BCUT2D eigenvalue weighted by atomic mass is 10.1. The molecule has 0 saturated heterocycles. The summed E-state index contributed by atoms with van der Waals surface area (Å²) in [6.07, 6.45) is 0.509. The lowest BCUT2D eigenvalue weighted by Gasteiger charge is -2.13. The van der Waals surface area contributed by atoms with Gasteiger partial charge in [-0.15, -0.1) is 0 Å². The van der Waals surface area contributed by atoms with Crippen LogP contribution in [0.2, 0.25) is 5.15 Å². The third-order valence-electron chi connectivity index (χ3n) is 3.42. The van der Waals surface area contributed by atoms with Crippen molar-refractivity contribution in [3.8, 4) is 0 Å². The van der Waals surface area contributed by atoms with Gasteiger partial charge in [-0.05, 0) is 18.2 Å². The van der Waals surface area contributed by atoms with E-state index < -0.39 is 17.8 Å². The van der Waals surface area contributed by atoms with Crippen LogP contribution in [0.5, 0.6) is 0 Å². The van der Waals surface area contributed by atoms with Gasteiger partial charge in [0.2, 0.25) is 0 Å². The first-order valence-corrected chi connectivity index (χ1v) is 7.29. The lowest BCUT2D eigenvalue weighted by molar-refractivity contribution is 0.0908. The Hall–Kier alpha value is -2.44. The maximum Gasteiger partial charge on any atom is 0.271 e. The highest BCUT2D eigenvalue weighted by molar-refractivity contribution is 6.32. The molecule has 0 aliphatic carbocycles. The van der Waals surface area contributed by atoms with Gasteiger partial charge in [-0.2, -0.15) is 0 Å². The van der Waals surface area contributed by atoms with E-state index in [2.05, 4.69) is 10.3 Å². The van der Waals surface area contributed by atoms with Gasteiger partial charge in [0.25, 0.3) is 5.91 Å². The molecule has 0 spiro atoms. The Kier molecular flexibility index (Phi) is 4.27. The third-order valence-corrected chi connectivity index (χ3v) is 3.69. The summed E-state index contributed by atoms with van der Waals surface area (Å²) in [4.78, 5) is 16.4. The average Bonchev–Trinajstić information content (AvgIpc) is 2.88. The number of amides is 1. The van der Waals surface area contributed by atoms with Crippen molar-refractivity contribution in [3.05, 3.63) is 70.9 Å². The van der Waals surface area contributed by atoms with E-state index in [-0.39, 0.29) is 23.0 Å². The van der Waals surface area contributed by atoms with Crippen LogP contribution in [0, 0.1) is 5.82 Å². The van der Waals surface area contributed by atoms with Gasteiger partial charge in [-0.3, -0.25) is 9.20 Å². The molecule has 3 aromatic rings. The minimum Gasteiger partial charge on any atom is -0.386 e. The van der Waals surface area contributed by atoms with Crippen LogP contribution in [0.25, 0.3) is 5.65 Å². The van der Waals surface area contributed by atoms with Crippen LogP contribution in [0.15, 0.2) is 48.7 Å². The quantitative estimate of drug-likeness (QED) is 0.771. The molecule has 0 aliphatic rings. The Morgan fingerprint density at radius 2 is 2.04 bits per heavy atom. The molecular formula is C16H13ClFN3O2. The van der Waals surface area contributed by atoms with E-state index in [0.29, 0.717) is 5.65 Å². The van der Waals surface area contributed by atoms with Crippen molar-refractivity contribution in [2.24, 2.45) is 0 Å². The monoisotopic (exact) mass is 333 g/mol. The fraction of sp³-hybridized carbons (Fsp3) is 0.125. The van der Waals surface area contributed by atoms with Crippen molar-refractivity contribution in [3.63, 3.8) is 0 Å². The summed E-state index contributed by atoms with van der Waals surface area (Å²) in [5.74, 6) is -1.02. The third kappa shape index (κ3) is 3.04. The molecular weight excluding hydrogens is 321 g/mol. The number of nitrogens with zero attached hydrogens (tertiary/aromatic N) is 2. The molecule has 7 heteroatoms. The summed E-state index contributed by atoms with van der Waals surface area (Å²) in [7, 11) is 0. The van der Waals surface area contributed by atoms with E-state index in [9.17, 15) is 14.3 Å². The van der Waals surface area contributed by atoms with Crippen LogP contribution in [0.3, 0.4) is 0 Å². The number of rotatable bonds is 4. The number of aliphatic hydroxyl groups excluding tert-OH is 1. The van der Waals surface area contributed by atoms with Crippen LogP contribution >= 0.6 is 11.6 Å². The highest BCUT2D eigenvalue weighted by Gasteiger charge is 2.19. The zero-order chi connectivity index (χ0) is 16.4. The first-order valence-electron chi connectivity index (χ1n) is 6.91. The Balaban J connectivity index is 1.77. The van der Waals surface area contributed by atoms with E-state index in [1.165, 1.54) is 18.2 Å². The first-order chi connectivity index (χ1) is 11.1. The number of carbonyl (C=O) groups is 1. The first kappa shape index (κ1) is 15.5. The lowest BCUT2D eigenvalue weighted by Crippen LogP contribution is -2.29. The fourth-order valence-electron chi connectivity index (χ4n) is 2.30. The maximum atomic E-state index is 13.6. The number of hydrogen-bond donors (Lipinski definition) is 2. The molecule has 1 amide bonds. The molecule has 2 aromatic heterocycles. The maximum absolute atomic E-state index is 13.6. The second kappa shape index (κ2) is 6.36. The molecule has 1 aromatic carbocycles. The molecule has 2 N–H and O–H groups in total. The summed E-state index contributed by atoms with van der Waals surface area (Å²) in [5.41, 5.74) is 0.831. The Morgan fingerprint density at radius 3 is 2.83 bits per heavy atom. The molecule has 0 aliphatic heterocycles. The van der Waals surface area contributed by atoms with Gasteiger partial charge in [0.15, 0.2) is 10.8 Å². The van der Waals surface area contributed by atoms with E-state index in [0.717, 1.165) is 0 Å². The highest BCUT2D eigenvalue weighted by atomic mass is 35.5. The van der Waals surface area contributed by atoms with Gasteiger partial charge < -0.3 is 10.4 Å². The molecule has 1 unspecified atom stereocenters. The molecule has 1 atom stereocenters. The average molecular weight is 334 g/mol. The molecule has 5 nitrogen and oxygen atoms in total. The van der Waals surface area contributed by atoms with Gasteiger partial charge in [0.1, 0.15) is 11.5 Å². The molecule has 3 rings (SSSR count). The van der Waals surface area contributed by atoms with E-state index in [4.69, 9.17) is 11.6 Å². The van der Waals surface area contributed by atoms with Crippen molar-refractivity contribution in [2.75, 3.05) is 6.54 Å². The number of pyridine rings is 1. The number of aliphatic hydroxyl groups is 1. The number of nitrogens with one attached hydrogen (secondary N) is 1. The minimum absolute atomic E-state index is 0.0640. The standard InChI is InChI=1S/C16H13ClFN3O2/c17-15-14(21-8-4-3-7-13(21)20-15)16(23)19-9-12(22)10-5-1-2-6-11(10)18/h1-8,12,22H,9H2,(H,19,23). The molecule has 2 heterocycles. The Morgan fingerprint density at radius 1 is 1.30 bits per heavy atom. The van der Waals surface area contributed by atoms with Crippen LogP contribution in [-0.2, 0) is 0 Å². The topological polar surface area (TPSA) is 66.6 Å². The van der Waals surface area contributed by atoms with Gasteiger partial charge in [0, 0.05) is 18.3 Å². The molecule has 0 fully saturated rings. The summed E-state index contributed by atoms with van der Waals surface area (Å²) >= 11 is 6.00. The second-order valence-corrected chi connectivity index (χ2v) is 5.29. The zero-order valence-electron chi connectivity index (χ0n) is 11.9. The highest BCUT2D eigenvalue weighted by Crippen LogP contribution is 2.19. The van der Waals surface area contributed by atoms with E-state index >= 15 is 0 Å². The van der Waals surface area contributed by atoms with E-state index in [1.54, 1.807) is 34.9 Å².